The summed E-state index contributed by atoms with van der Waals surface area (Å²) >= 11 is 0. The highest BCUT2D eigenvalue weighted by atomic mass is 16.3. The molecule has 1 aromatic carbocycles. The minimum absolute atomic E-state index is 0.108. The number of likely N-dealkylation sites (tertiary alicyclic amines) is 1. The summed E-state index contributed by atoms with van der Waals surface area (Å²) in [5.41, 5.74) is 6.41. The third kappa shape index (κ3) is 4.11. The number of hydrogen-bond acceptors (Lipinski definition) is 4. The lowest BCUT2D eigenvalue weighted by atomic mass is 10.1. The lowest BCUT2D eigenvalue weighted by Crippen LogP contribution is -2.45. The second-order valence-electron chi connectivity index (χ2n) is 6.25. The average Bonchev–Trinajstić information content (AvgIpc) is 3.30. The van der Waals surface area contributed by atoms with Crippen molar-refractivity contribution in [3.8, 4) is 0 Å². The van der Waals surface area contributed by atoms with Crippen molar-refractivity contribution in [1.29, 1.82) is 0 Å². The first-order valence-electron chi connectivity index (χ1n) is 8.56. The fraction of sp³-hybridized carbons (Fsp3) is 0.316. The zero-order chi connectivity index (χ0) is 18.5. The molecule has 1 aliphatic rings. The first-order valence-corrected chi connectivity index (χ1v) is 8.56. The number of carbonyl (C=O) groups excluding carboxylic acids is 3. The molecule has 0 radical (unpaired) electrons. The number of benzene rings is 1. The summed E-state index contributed by atoms with van der Waals surface area (Å²) in [6.45, 7) is 2.67. The fourth-order valence-corrected chi connectivity index (χ4v) is 2.88. The maximum Gasteiger partial charge on any atom is 0.269 e. The zero-order valence-corrected chi connectivity index (χ0v) is 14.5. The van der Waals surface area contributed by atoms with Crippen molar-refractivity contribution in [2.75, 3.05) is 6.54 Å². The largest absolute Gasteiger partial charge is 0.467 e. The van der Waals surface area contributed by atoms with Crippen LogP contribution in [-0.2, 0) is 22.6 Å². The molecule has 1 atom stereocenters. The van der Waals surface area contributed by atoms with E-state index in [1.807, 2.05) is 19.1 Å². The highest BCUT2D eigenvalue weighted by Gasteiger charge is 2.34. The van der Waals surface area contributed by atoms with Crippen LogP contribution in [-0.4, -0.2) is 29.2 Å². The molecular formula is C19H21N3O4. The number of aryl methyl sites for hydroxylation is 1. The van der Waals surface area contributed by atoms with E-state index in [-0.39, 0.29) is 18.2 Å². The van der Waals surface area contributed by atoms with E-state index in [9.17, 15) is 14.4 Å². The zero-order valence-electron chi connectivity index (χ0n) is 14.5. The van der Waals surface area contributed by atoms with Crippen LogP contribution < -0.4 is 10.9 Å². The van der Waals surface area contributed by atoms with Gasteiger partial charge in [-0.05, 0) is 36.2 Å². The van der Waals surface area contributed by atoms with Gasteiger partial charge in [0.1, 0.15) is 5.76 Å². The maximum absolute atomic E-state index is 12.2. The number of nitrogens with one attached hydrogen (secondary N) is 2. The molecule has 1 unspecified atom stereocenters. The Morgan fingerprint density at radius 2 is 1.96 bits per heavy atom. The van der Waals surface area contributed by atoms with Gasteiger partial charge in [0.2, 0.25) is 11.8 Å². The Labute approximate surface area is 151 Å². The van der Waals surface area contributed by atoms with Crippen LogP contribution in [0.1, 0.15) is 35.0 Å². The quantitative estimate of drug-likeness (QED) is 0.798. The van der Waals surface area contributed by atoms with Crippen molar-refractivity contribution in [3.05, 3.63) is 59.5 Å². The van der Waals surface area contributed by atoms with Crippen LogP contribution in [0, 0.1) is 5.92 Å². The third-order valence-electron chi connectivity index (χ3n) is 4.44. The topological polar surface area (TPSA) is 91.7 Å². The SMILES string of the molecule is CCc1ccc(C(=O)NNC(=O)C2CC(=O)N(Cc3ccco3)C2)cc1. The monoisotopic (exact) mass is 355 g/mol. The van der Waals surface area contributed by atoms with Gasteiger partial charge in [0.25, 0.3) is 5.91 Å². The molecule has 0 spiro atoms. The molecule has 1 aliphatic heterocycles. The van der Waals surface area contributed by atoms with E-state index >= 15 is 0 Å². The Morgan fingerprint density at radius 1 is 1.19 bits per heavy atom. The smallest absolute Gasteiger partial charge is 0.269 e. The van der Waals surface area contributed by atoms with Crippen LogP contribution in [0.2, 0.25) is 0 Å². The van der Waals surface area contributed by atoms with Crippen LogP contribution in [0.4, 0.5) is 0 Å². The van der Waals surface area contributed by atoms with E-state index in [0.717, 1.165) is 12.0 Å². The standard InChI is InChI=1S/C19H21N3O4/c1-2-13-5-7-14(8-6-13)18(24)20-21-19(25)15-10-17(23)22(11-15)12-16-4-3-9-26-16/h3-9,15H,2,10-12H2,1H3,(H,20,24)(H,21,25). The summed E-state index contributed by atoms with van der Waals surface area (Å²) in [4.78, 5) is 38.0. The van der Waals surface area contributed by atoms with E-state index in [0.29, 0.717) is 24.4 Å². The molecule has 7 heteroatoms. The van der Waals surface area contributed by atoms with Crippen molar-refractivity contribution in [2.24, 2.45) is 5.92 Å². The van der Waals surface area contributed by atoms with Crippen molar-refractivity contribution in [3.63, 3.8) is 0 Å². The number of nitrogens with zero attached hydrogens (tertiary/aromatic N) is 1. The lowest BCUT2D eigenvalue weighted by molar-refractivity contribution is -0.129. The Hall–Kier alpha value is -3.09. The lowest BCUT2D eigenvalue weighted by Gasteiger charge is -2.15. The summed E-state index contributed by atoms with van der Waals surface area (Å²) in [5, 5.41) is 0. The average molecular weight is 355 g/mol. The molecule has 2 aromatic rings. The number of hydrazine groups is 1. The summed E-state index contributed by atoms with van der Waals surface area (Å²) in [7, 11) is 0. The first kappa shape index (κ1) is 17.7. The van der Waals surface area contributed by atoms with E-state index < -0.39 is 11.8 Å². The van der Waals surface area contributed by atoms with Crippen LogP contribution >= 0.6 is 0 Å². The second-order valence-corrected chi connectivity index (χ2v) is 6.25. The van der Waals surface area contributed by atoms with Crippen molar-refractivity contribution in [1.82, 2.24) is 15.8 Å². The normalized spacial score (nSPS) is 16.6. The molecule has 136 valence electrons. The van der Waals surface area contributed by atoms with Crippen molar-refractivity contribution >= 4 is 17.7 Å². The van der Waals surface area contributed by atoms with Gasteiger partial charge in [-0.15, -0.1) is 0 Å². The Balaban J connectivity index is 1.50. The van der Waals surface area contributed by atoms with E-state index in [1.54, 1.807) is 35.4 Å². The van der Waals surface area contributed by atoms with Gasteiger partial charge in [-0.25, -0.2) is 0 Å². The number of hydrogen-bond donors (Lipinski definition) is 2. The summed E-state index contributed by atoms with van der Waals surface area (Å²) in [6.07, 6.45) is 2.55. The van der Waals surface area contributed by atoms with Crippen LogP contribution in [0.15, 0.2) is 47.1 Å². The predicted molar refractivity (Wildman–Crippen MR) is 93.7 cm³/mol. The van der Waals surface area contributed by atoms with Gasteiger partial charge in [-0.1, -0.05) is 19.1 Å². The molecule has 7 nitrogen and oxygen atoms in total. The number of amides is 3. The van der Waals surface area contributed by atoms with Crippen molar-refractivity contribution in [2.45, 2.75) is 26.3 Å². The minimum atomic E-state index is -0.500. The molecule has 3 amide bonds. The van der Waals surface area contributed by atoms with E-state index in [1.165, 1.54) is 0 Å². The van der Waals surface area contributed by atoms with Crippen LogP contribution in [0.3, 0.4) is 0 Å². The molecule has 0 aliphatic carbocycles. The predicted octanol–water partition coefficient (Wildman–Crippen LogP) is 1.65. The minimum Gasteiger partial charge on any atom is -0.467 e. The number of furan rings is 1. The second kappa shape index (κ2) is 7.86. The maximum atomic E-state index is 12.2. The molecule has 0 saturated carbocycles. The Kier molecular flexibility index (Phi) is 5.36. The van der Waals surface area contributed by atoms with Crippen molar-refractivity contribution < 1.29 is 18.8 Å². The third-order valence-corrected chi connectivity index (χ3v) is 4.44. The molecule has 3 rings (SSSR count). The first-order chi connectivity index (χ1) is 12.6. The summed E-state index contributed by atoms with van der Waals surface area (Å²) in [5.74, 6) is -0.705. The van der Waals surface area contributed by atoms with Gasteiger partial charge in [0.05, 0.1) is 18.7 Å². The van der Waals surface area contributed by atoms with E-state index in [2.05, 4.69) is 10.9 Å². The summed E-state index contributed by atoms with van der Waals surface area (Å²) in [6, 6.07) is 10.7. The molecule has 0 bridgehead atoms. The van der Waals surface area contributed by atoms with Gasteiger partial charge < -0.3 is 9.32 Å². The Bertz CT molecular complexity index is 784. The van der Waals surface area contributed by atoms with Crippen LogP contribution in [0.5, 0.6) is 0 Å². The molecule has 1 aromatic heterocycles. The van der Waals surface area contributed by atoms with Gasteiger partial charge >= 0.3 is 0 Å². The molecule has 2 N–H and O–H groups in total. The highest BCUT2D eigenvalue weighted by molar-refractivity contribution is 5.96. The highest BCUT2D eigenvalue weighted by Crippen LogP contribution is 2.20. The number of carbonyl (C=O) groups is 3. The summed E-state index contributed by atoms with van der Waals surface area (Å²) < 4.78 is 5.23. The number of rotatable bonds is 5. The van der Waals surface area contributed by atoms with Gasteiger partial charge in [-0.2, -0.15) is 0 Å². The van der Waals surface area contributed by atoms with Gasteiger partial charge in [0.15, 0.2) is 0 Å². The molecule has 1 saturated heterocycles. The molecule has 2 heterocycles. The van der Waals surface area contributed by atoms with E-state index in [4.69, 9.17) is 4.42 Å². The van der Waals surface area contributed by atoms with Gasteiger partial charge in [-0.3, -0.25) is 25.2 Å². The molecule has 26 heavy (non-hydrogen) atoms. The fourth-order valence-electron chi connectivity index (χ4n) is 2.88. The van der Waals surface area contributed by atoms with Crippen LogP contribution in [0.25, 0.3) is 0 Å². The Morgan fingerprint density at radius 3 is 2.62 bits per heavy atom. The molecular weight excluding hydrogens is 334 g/mol. The molecule has 1 fully saturated rings. The van der Waals surface area contributed by atoms with Gasteiger partial charge in [0, 0.05) is 18.5 Å².